The molecule has 0 saturated carbocycles. The van der Waals surface area contributed by atoms with Gasteiger partial charge in [-0.2, -0.15) is 0 Å². The fraction of sp³-hybridized carbons (Fsp3) is 0.231. The Hall–Kier alpha value is -1.81. The Morgan fingerprint density at radius 3 is 3.06 bits per heavy atom. The highest BCUT2D eigenvalue weighted by Gasteiger charge is 2.25. The van der Waals surface area contributed by atoms with Gasteiger partial charge in [0.05, 0.1) is 23.3 Å². The second-order valence-electron chi connectivity index (χ2n) is 4.23. The van der Waals surface area contributed by atoms with Crippen LogP contribution in [0, 0.1) is 0 Å². The van der Waals surface area contributed by atoms with Gasteiger partial charge < -0.3 is 9.42 Å². The molecule has 0 spiro atoms. The molecule has 0 radical (unpaired) electrons. The zero-order chi connectivity index (χ0) is 12.5. The number of halogens is 1. The van der Waals surface area contributed by atoms with Crippen molar-refractivity contribution in [2.24, 2.45) is 0 Å². The highest BCUT2D eigenvalue weighted by molar-refractivity contribution is 6.33. The van der Waals surface area contributed by atoms with Crippen molar-refractivity contribution >= 4 is 17.5 Å². The molecule has 4 nitrogen and oxygen atoms in total. The molecule has 92 valence electrons. The second kappa shape index (κ2) is 4.46. The molecular weight excluding hydrogens is 252 g/mol. The van der Waals surface area contributed by atoms with E-state index in [1.165, 1.54) is 0 Å². The molecule has 0 bridgehead atoms. The van der Waals surface area contributed by atoms with Gasteiger partial charge in [0.1, 0.15) is 5.76 Å². The number of rotatable bonds is 1. The quantitative estimate of drug-likeness (QED) is 0.793. The minimum Gasteiger partial charge on any atom is -0.361 e. The number of fused-ring (bicyclic) bond motifs is 1. The van der Waals surface area contributed by atoms with Crippen molar-refractivity contribution in [1.29, 1.82) is 0 Å². The third-order valence-corrected chi connectivity index (χ3v) is 3.42. The van der Waals surface area contributed by atoms with Gasteiger partial charge in [-0.05, 0) is 12.1 Å². The Morgan fingerprint density at radius 2 is 2.22 bits per heavy atom. The molecule has 18 heavy (non-hydrogen) atoms. The molecule has 1 aliphatic heterocycles. The average Bonchev–Trinajstić information content (AvgIpc) is 2.85. The molecule has 1 aliphatic rings. The fourth-order valence-corrected chi connectivity index (χ4v) is 2.34. The van der Waals surface area contributed by atoms with E-state index in [2.05, 4.69) is 5.16 Å². The summed E-state index contributed by atoms with van der Waals surface area (Å²) in [6.07, 6.45) is 2.37. The van der Waals surface area contributed by atoms with Crippen LogP contribution in [0.1, 0.15) is 21.7 Å². The Morgan fingerprint density at radius 1 is 1.39 bits per heavy atom. The Labute approximate surface area is 109 Å². The van der Waals surface area contributed by atoms with Crippen LogP contribution in [-0.4, -0.2) is 22.5 Å². The summed E-state index contributed by atoms with van der Waals surface area (Å²) in [5, 5.41) is 4.23. The predicted molar refractivity (Wildman–Crippen MR) is 66.4 cm³/mol. The number of benzene rings is 1. The number of hydrogen-bond acceptors (Lipinski definition) is 3. The number of amides is 1. The van der Waals surface area contributed by atoms with Gasteiger partial charge in [-0.3, -0.25) is 4.79 Å². The lowest BCUT2D eigenvalue weighted by molar-refractivity contribution is 0.0729. The van der Waals surface area contributed by atoms with Gasteiger partial charge in [0, 0.05) is 18.5 Å². The van der Waals surface area contributed by atoms with E-state index in [4.69, 9.17) is 16.1 Å². The van der Waals surface area contributed by atoms with Crippen molar-refractivity contribution < 1.29 is 9.32 Å². The van der Waals surface area contributed by atoms with Crippen LogP contribution in [0.15, 0.2) is 35.0 Å². The lowest BCUT2D eigenvalue weighted by Crippen LogP contribution is -2.35. The first-order valence-electron chi connectivity index (χ1n) is 5.72. The standard InChI is InChI=1S/C13H11ClN2O2/c14-11-4-2-1-3-10(11)13(17)16-6-5-12-9(8-16)7-15-18-12/h1-4,7H,5-6,8H2. The third-order valence-electron chi connectivity index (χ3n) is 3.09. The molecule has 1 aromatic heterocycles. The van der Waals surface area contributed by atoms with Crippen molar-refractivity contribution in [2.45, 2.75) is 13.0 Å². The lowest BCUT2D eigenvalue weighted by Gasteiger charge is -2.26. The van der Waals surface area contributed by atoms with Crippen molar-refractivity contribution in [3.8, 4) is 0 Å². The summed E-state index contributed by atoms with van der Waals surface area (Å²) in [5.74, 6) is 0.825. The number of nitrogens with zero attached hydrogens (tertiary/aromatic N) is 2. The molecule has 0 fully saturated rings. The summed E-state index contributed by atoms with van der Waals surface area (Å²) in [6.45, 7) is 1.16. The summed E-state index contributed by atoms with van der Waals surface area (Å²) in [5.41, 5.74) is 1.51. The van der Waals surface area contributed by atoms with Gasteiger partial charge in [0.25, 0.3) is 5.91 Å². The molecule has 0 atom stereocenters. The van der Waals surface area contributed by atoms with Gasteiger partial charge >= 0.3 is 0 Å². The Kier molecular flexibility index (Phi) is 2.80. The van der Waals surface area contributed by atoms with E-state index in [-0.39, 0.29) is 5.91 Å². The van der Waals surface area contributed by atoms with Crippen LogP contribution in [0.4, 0.5) is 0 Å². The van der Waals surface area contributed by atoms with Crippen LogP contribution in [-0.2, 0) is 13.0 Å². The summed E-state index contributed by atoms with van der Waals surface area (Å²) in [4.78, 5) is 14.1. The molecule has 0 unspecified atom stereocenters. The molecule has 2 aromatic rings. The largest absolute Gasteiger partial charge is 0.361 e. The van der Waals surface area contributed by atoms with Crippen LogP contribution in [0.3, 0.4) is 0 Å². The number of carbonyl (C=O) groups is 1. The van der Waals surface area contributed by atoms with E-state index in [9.17, 15) is 4.79 Å². The van der Waals surface area contributed by atoms with Crippen LogP contribution in [0.25, 0.3) is 0 Å². The molecule has 2 heterocycles. The number of hydrogen-bond donors (Lipinski definition) is 0. The van der Waals surface area contributed by atoms with E-state index < -0.39 is 0 Å². The summed E-state index contributed by atoms with van der Waals surface area (Å²) >= 11 is 6.04. The summed E-state index contributed by atoms with van der Waals surface area (Å²) in [7, 11) is 0. The topological polar surface area (TPSA) is 46.3 Å². The van der Waals surface area contributed by atoms with Gasteiger partial charge in [0.15, 0.2) is 0 Å². The van der Waals surface area contributed by atoms with Gasteiger partial charge in [-0.1, -0.05) is 28.9 Å². The highest BCUT2D eigenvalue weighted by atomic mass is 35.5. The molecular formula is C13H11ClN2O2. The molecule has 3 rings (SSSR count). The van der Waals surface area contributed by atoms with E-state index in [0.717, 1.165) is 11.3 Å². The van der Waals surface area contributed by atoms with Crippen molar-refractivity contribution in [3.05, 3.63) is 52.4 Å². The minimum absolute atomic E-state index is 0.0487. The average molecular weight is 263 g/mol. The van der Waals surface area contributed by atoms with E-state index in [1.807, 2.05) is 12.1 Å². The van der Waals surface area contributed by atoms with E-state index >= 15 is 0 Å². The second-order valence-corrected chi connectivity index (χ2v) is 4.64. The Bertz CT molecular complexity index is 594. The molecule has 1 aromatic carbocycles. The third kappa shape index (κ3) is 1.88. The van der Waals surface area contributed by atoms with Crippen LogP contribution >= 0.6 is 11.6 Å². The summed E-state index contributed by atoms with van der Waals surface area (Å²) in [6, 6.07) is 7.10. The summed E-state index contributed by atoms with van der Waals surface area (Å²) < 4.78 is 5.10. The molecule has 0 N–H and O–H groups in total. The van der Waals surface area contributed by atoms with Gasteiger partial charge in [-0.15, -0.1) is 0 Å². The van der Waals surface area contributed by atoms with Crippen molar-refractivity contribution in [1.82, 2.24) is 10.1 Å². The van der Waals surface area contributed by atoms with Gasteiger partial charge in [-0.25, -0.2) is 0 Å². The minimum atomic E-state index is -0.0487. The number of aromatic nitrogens is 1. The maximum absolute atomic E-state index is 12.3. The van der Waals surface area contributed by atoms with E-state index in [1.54, 1.807) is 23.2 Å². The maximum atomic E-state index is 12.3. The first-order valence-corrected chi connectivity index (χ1v) is 6.10. The monoisotopic (exact) mass is 262 g/mol. The van der Waals surface area contributed by atoms with Crippen LogP contribution in [0.2, 0.25) is 5.02 Å². The molecule has 0 aliphatic carbocycles. The van der Waals surface area contributed by atoms with Crippen LogP contribution < -0.4 is 0 Å². The zero-order valence-electron chi connectivity index (χ0n) is 9.60. The maximum Gasteiger partial charge on any atom is 0.255 e. The highest BCUT2D eigenvalue weighted by Crippen LogP contribution is 2.22. The SMILES string of the molecule is O=C(c1ccccc1Cl)N1CCc2oncc2C1. The lowest BCUT2D eigenvalue weighted by atomic mass is 10.1. The smallest absolute Gasteiger partial charge is 0.255 e. The van der Waals surface area contributed by atoms with Gasteiger partial charge in [0.2, 0.25) is 0 Å². The number of carbonyl (C=O) groups excluding carboxylic acids is 1. The Balaban J connectivity index is 1.85. The van der Waals surface area contributed by atoms with Crippen LogP contribution in [0.5, 0.6) is 0 Å². The zero-order valence-corrected chi connectivity index (χ0v) is 10.4. The van der Waals surface area contributed by atoms with E-state index in [0.29, 0.717) is 30.1 Å². The first-order chi connectivity index (χ1) is 8.75. The fourth-order valence-electron chi connectivity index (χ4n) is 2.12. The predicted octanol–water partition coefficient (Wildman–Crippen LogP) is 2.53. The molecule has 1 amide bonds. The normalized spacial score (nSPS) is 14.4. The first kappa shape index (κ1) is 11.3. The van der Waals surface area contributed by atoms with Crippen molar-refractivity contribution in [2.75, 3.05) is 6.54 Å². The van der Waals surface area contributed by atoms with Crippen molar-refractivity contribution in [3.63, 3.8) is 0 Å². The molecule has 5 heteroatoms. The molecule has 0 saturated heterocycles.